The minimum Gasteiger partial charge on any atom is -0.477 e. The number of hydrogen-bond acceptors (Lipinski definition) is 9. The van der Waals surface area contributed by atoms with Crippen molar-refractivity contribution in [2.45, 2.75) is 19.3 Å². The molecule has 0 aliphatic carbocycles. The molecule has 0 radical (unpaired) electrons. The van der Waals surface area contributed by atoms with Crippen LogP contribution in [0.2, 0.25) is 0 Å². The fraction of sp³-hybridized carbons (Fsp3) is 0.600. The van der Waals surface area contributed by atoms with Gasteiger partial charge in [0.1, 0.15) is 12.1 Å². The Hall–Kier alpha value is -2.52. The topological polar surface area (TPSA) is 85.7 Å². The van der Waals surface area contributed by atoms with Crippen molar-refractivity contribution in [3.63, 3.8) is 0 Å². The lowest BCUT2D eigenvalue weighted by Gasteiger charge is -2.28. The summed E-state index contributed by atoms with van der Waals surface area (Å²) in [6.45, 7) is 6.07. The molecule has 5 heterocycles. The second-order valence-corrected chi connectivity index (χ2v) is 7.60. The van der Waals surface area contributed by atoms with E-state index in [4.69, 9.17) is 24.2 Å². The maximum absolute atomic E-state index is 6.28. The van der Waals surface area contributed by atoms with E-state index < -0.39 is 0 Å². The lowest BCUT2D eigenvalue weighted by molar-refractivity contribution is 0.0489. The minimum absolute atomic E-state index is 0.515. The smallest absolute Gasteiger partial charge is 0.230 e. The van der Waals surface area contributed by atoms with Crippen LogP contribution < -0.4 is 14.5 Å². The van der Waals surface area contributed by atoms with E-state index in [-0.39, 0.29) is 0 Å². The van der Waals surface area contributed by atoms with Gasteiger partial charge in [-0.25, -0.2) is 9.97 Å². The third-order valence-electron chi connectivity index (χ3n) is 5.73. The van der Waals surface area contributed by atoms with Gasteiger partial charge in [0.2, 0.25) is 11.8 Å². The molecule has 0 saturated carbocycles. The molecule has 3 aliphatic rings. The molecule has 0 N–H and O–H groups in total. The zero-order chi connectivity index (χ0) is 19.5. The van der Waals surface area contributed by atoms with Gasteiger partial charge in [0, 0.05) is 32.8 Å². The van der Waals surface area contributed by atoms with Gasteiger partial charge in [-0.1, -0.05) is 0 Å². The number of anilines is 3. The van der Waals surface area contributed by atoms with E-state index in [1.54, 1.807) is 6.33 Å². The number of aromatic nitrogens is 4. The zero-order valence-electron chi connectivity index (χ0n) is 16.5. The Balaban J connectivity index is 1.45. The van der Waals surface area contributed by atoms with Gasteiger partial charge in [-0.05, 0) is 25.2 Å². The Morgan fingerprint density at radius 1 is 0.966 bits per heavy atom. The second-order valence-electron chi connectivity index (χ2n) is 7.60. The first-order chi connectivity index (χ1) is 14.4. The Labute approximate surface area is 170 Å². The van der Waals surface area contributed by atoms with Gasteiger partial charge < -0.3 is 24.0 Å². The van der Waals surface area contributed by atoms with Crippen LogP contribution in [-0.2, 0) is 15.9 Å². The Kier molecular flexibility index (Phi) is 5.40. The maximum atomic E-state index is 6.28. The van der Waals surface area contributed by atoms with Gasteiger partial charge in [0.05, 0.1) is 43.5 Å². The van der Waals surface area contributed by atoms with Crippen molar-refractivity contribution in [1.82, 2.24) is 19.9 Å². The van der Waals surface area contributed by atoms with Gasteiger partial charge in [-0.15, -0.1) is 0 Å². The van der Waals surface area contributed by atoms with E-state index in [2.05, 4.69) is 19.8 Å². The van der Waals surface area contributed by atoms with Crippen molar-refractivity contribution < 1.29 is 14.2 Å². The molecule has 2 saturated heterocycles. The molecule has 9 nitrogen and oxygen atoms in total. The first kappa shape index (κ1) is 18.5. The highest BCUT2D eigenvalue weighted by atomic mass is 16.5. The minimum atomic E-state index is 0.515. The monoisotopic (exact) mass is 398 g/mol. The molecule has 0 bridgehead atoms. The molecule has 154 valence electrons. The number of morpholine rings is 1. The first-order valence-electron chi connectivity index (χ1n) is 10.3. The fourth-order valence-corrected chi connectivity index (χ4v) is 4.03. The third-order valence-corrected chi connectivity index (χ3v) is 5.73. The molecule has 2 aromatic rings. The Morgan fingerprint density at radius 2 is 1.72 bits per heavy atom. The van der Waals surface area contributed by atoms with Gasteiger partial charge in [-0.3, -0.25) is 0 Å². The summed E-state index contributed by atoms with van der Waals surface area (Å²) in [4.78, 5) is 22.4. The lowest BCUT2D eigenvalue weighted by Crippen LogP contribution is -2.37. The van der Waals surface area contributed by atoms with Crippen LogP contribution in [0.3, 0.4) is 0 Å². The van der Waals surface area contributed by atoms with Crippen LogP contribution in [0.15, 0.2) is 18.7 Å². The van der Waals surface area contributed by atoms with Crippen LogP contribution >= 0.6 is 0 Å². The van der Waals surface area contributed by atoms with Crippen molar-refractivity contribution in [1.29, 1.82) is 0 Å². The van der Waals surface area contributed by atoms with Gasteiger partial charge in [0.15, 0.2) is 0 Å². The number of ether oxygens (including phenoxy) is 3. The molecular formula is C20H26N6O3. The molecule has 0 amide bonds. The fourth-order valence-electron chi connectivity index (χ4n) is 4.03. The van der Waals surface area contributed by atoms with Crippen LogP contribution in [0, 0.1) is 5.92 Å². The van der Waals surface area contributed by atoms with E-state index in [0.717, 1.165) is 69.2 Å². The normalized spacial score (nSPS) is 20.0. The summed E-state index contributed by atoms with van der Waals surface area (Å²) in [5.41, 5.74) is 2.01. The number of rotatable bonds is 5. The summed E-state index contributed by atoms with van der Waals surface area (Å²) < 4.78 is 17.2. The summed E-state index contributed by atoms with van der Waals surface area (Å²) in [6.07, 6.45) is 8.11. The average Bonchev–Trinajstić information content (AvgIpc) is 3.23. The van der Waals surface area contributed by atoms with Gasteiger partial charge in [0.25, 0.3) is 0 Å². The Bertz CT molecular complexity index is 824. The van der Waals surface area contributed by atoms with Crippen LogP contribution in [0.25, 0.3) is 0 Å². The van der Waals surface area contributed by atoms with Crippen LogP contribution in [0.4, 0.5) is 17.5 Å². The van der Waals surface area contributed by atoms with Crippen molar-refractivity contribution in [2.75, 3.05) is 62.5 Å². The van der Waals surface area contributed by atoms with E-state index in [1.807, 2.05) is 12.4 Å². The van der Waals surface area contributed by atoms with Crippen molar-refractivity contribution in [3.8, 4) is 5.88 Å². The maximum Gasteiger partial charge on any atom is 0.230 e. The number of nitrogens with zero attached hydrogens (tertiary/aromatic N) is 6. The first-order valence-corrected chi connectivity index (χ1v) is 10.3. The molecule has 5 rings (SSSR count). The van der Waals surface area contributed by atoms with Gasteiger partial charge in [-0.2, -0.15) is 9.97 Å². The molecule has 9 heteroatoms. The van der Waals surface area contributed by atoms with E-state index >= 15 is 0 Å². The quantitative estimate of drug-likeness (QED) is 0.745. The summed E-state index contributed by atoms with van der Waals surface area (Å²) in [5.74, 6) is 2.83. The predicted octanol–water partition coefficient (Wildman–Crippen LogP) is 1.60. The van der Waals surface area contributed by atoms with Crippen LogP contribution in [0.5, 0.6) is 5.88 Å². The summed E-state index contributed by atoms with van der Waals surface area (Å²) in [5, 5.41) is 0. The highest BCUT2D eigenvalue weighted by Gasteiger charge is 2.30. The summed E-state index contributed by atoms with van der Waals surface area (Å²) in [7, 11) is 0. The molecule has 2 fully saturated rings. The number of hydrogen-bond donors (Lipinski definition) is 0. The second kappa shape index (κ2) is 8.46. The van der Waals surface area contributed by atoms with Crippen LogP contribution in [0.1, 0.15) is 18.4 Å². The molecule has 2 aromatic heterocycles. The highest BCUT2D eigenvalue weighted by molar-refractivity contribution is 5.68. The highest BCUT2D eigenvalue weighted by Crippen LogP contribution is 2.38. The SMILES string of the molecule is c1ncc(N2CCc3c(OCC4CCOCC4)nc(N4CCOCC4)nc32)cn1. The molecule has 3 aliphatic heterocycles. The molecule has 29 heavy (non-hydrogen) atoms. The zero-order valence-corrected chi connectivity index (χ0v) is 16.5. The van der Waals surface area contributed by atoms with Crippen molar-refractivity contribution in [2.24, 2.45) is 5.92 Å². The molecule has 0 aromatic carbocycles. The van der Waals surface area contributed by atoms with E-state index in [0.29, 0.717) is 37.6 Å². The molecular weight excluding hydrogens is 372 g/mol. The molecule has 0 unspecified atom stereocenters. The number of fused-ring (bicyclic) bond motifs is 1. The molecule has 0 atom stereocenters. The predicted molar refractivity (Wildman–Crippen MR) is 107 cm³/mol. The van der Waals surface area contributed by atoms with Crippen molar-refractivity contribution >= 4 is 17.5 Å². The van der Waals surface area contributed by atoms with Gasteiger partial charge >= 0.3 is 0 Å². The third kappa shape index (κ3) is 3.97. The Morgan fingerprint density at radius 3 is 2.52 bits per heavy atom. The largest absolute Gasteiger partial charge is 0.477 e. The van der Waals surface area contributed by atoms with Crippen molar-refractivity contribution in [3.05, 3.63) is 24.3 Å². The standard InChI is InChI=1S/C20H26N6O3/c1-4-26(16-11-21-14-22-12-16)18-17(1)19(29-13-15-2-7-27-8-3-15)24-20(23-18)25-5-9-28-10-6-25/h11-12,14-15H,1-10,13H2. The van der Waals surface area contributed by atoms with Crippen LogP contribution in [-0.4, -0.2) is 72.6 Å². The van der Waals surface area contributed by atoms with E-state index in [9.17, 15) is 0 Å². The molecule has 0 spiro atoms. The average molecular weight is 398 g/mol. The lowest BCUT2D eigenvalue weighted by atomic mass is 10.0. The summed E-state index contributed by atoms with van der Waals surface area (Å²) in [6, 6.07) is 0. The summed E-state index contributed by atoms with van der Waals surface area (Å²) >= 11 is 0. The van der Waals surface area contributed by atoms with E-state index in [1.165, 1.54) is 0 Å².